The molecule has 2 heterocycles. The zero-order chi connectivity index (χ0) is 18.5. The van der Waals surface area contributed by atoms with E-state index in [1.54, 1.807) is 30.7 Å². The summed E-state index contributed by atoms with van der Waals surface area (Å²) in [5.74, 6) is 0.663. The maximum atomic E-state index is 14.0. The van der Waals surface area contributed by atoms with Gasteiger partial charge in [-0.05, 0) is 20.0 Å². The minimum Gasteiger partial charge on any atom is -0.352 e. The van der Waals surface area contributed by atoms with Crippen LogP contribution in [0, 0.1) is 5.82 Å². The summed E-state index contributed by atoms with van der Waals surface area (Å²) in [4.78, 5) is 26.9. The molecular weight excluding hydrogens is 333 g/mol. The van der Waals surface area contributed by atoms with Crippen LogP contribution in [0.3, 0.4) is 0 Å². The summed E-state index contributed by atoms with van der Waals surface area (Å²) in [6, 6.07) is 6.54. The van der Waals surface area contributed by atoms with Gasteiger partial charge in [-0.2, -0.15) is 0 Å². The van der Waals surface area contributed by atoms with E-state index < -0.39 is 0 Å². The highest BCUT2D eigenvalue weighted by Gasteiger charge is 2.24. The Balaban J connectivity index is 1.53. The maximum absolute atomic E-state index is 14.0. The quantitative estimate of drug-likeness (QED) is 0.819. The van der Waals surface area contributed by atoms with Crippen molar-refractivity contribution in [2.45, 2.75) is 13.0 Å². The van der Waals surface area contributed by atoms with E-state index in [1.807, 2.05) is 29.8 Å². The van der Waals surface area contributed by atoms with Crippen LogP contribution < -0.4 is 4.90 Å². The fraction of sp³-hybridized carbons (Fsp3) is 0.421. The molecule has 0 unspecified atom stereocenters. The molecular formula is C19H24FN5O. The average Bonchev–Trinajstić information content (AvgIpc) is 2.68. The number of piperazine rings is 1. The van der Waals surface area contributed by atoms with E-state index in [0.717, 1.165) is 18.9 Å². The van der Waals surface area contributed by atoms with Gasteiger partial charge in [0.15, 0.2) is 0 Å². The normalized spacial score (nSPS) is 16.0. The fourth-order valence-corrected chi connectivity index (χ4v) is 3.14. The summed E-state index contributed by atoms with van der Waals surface area (Å²) in [6.07, 6.45) is 5.06. The Labute approximate surface area is 153 Å². The summed E-state index contributed by atoms with van der Waals surface area (Å²) in [5.41, 5.74) is 0.607. The molecule has 0 aliphatic carbocycles. The summed E-state index contributed by atoms with van der Waals surface area (Å²) in [6.45, 7) is 4.95. The molecule has 1 aromatic heterocycles. The molecule has 26 heavy (non-hydrogen) atoms. The number of hydrogen-bond acceptors (Lipinski definition) is 5. The van der Waals surface area contributed by atoms with Gasteiger partial charge in [0.05, 0.1) is 12.7 Å². The molecule has 0 radical (unpaired) electrons. The van der Waals surface area contributed by atoms with Gasteiger partial charge in [0.1, 0.15) is 11.6 Å². The molecule has 1 saturated heterocycles. The van der Waals surface area contributed by atoms with E-state index in [9.17, 15) is 9.18 Å². The third-order valence-electron chi connectivity index (χ3n) is 4.91. The van der Waals surface area contributed by atoms with Crippen LogP contribution in [-0.2, 0) is 4.79 Å². The van der Waals surface area contributed by atoms with Crippen LogP contribution in [0.5, 0.6) is 0 Å². The topological polar surface area (TPSA) is 52.6 Å². The van der Waals surface area contributed by atoms with E-state index in [2.05, 4.69) is 14.9 Å². The van der Waals surface area contributed by atoms with E-state index in [-0.39, 0.29) is 24.3 Å². The molecule has 0 spiro atoms. The van der Waals surface area contributed by atoms with Gasteiger partial charge in [0.2, 0.25) is 5.91 Å². The molecule has 1 amide bonds. The molecule has 0 N–H and O–H groups in total. The van der Waals surface area contributed by atoms with Crippen LogP contribution in [-0.4, -0.2) is 65.4 Å². The second-order valence-electron chi connectivity index (χ2n) is 6.54. The van der Waals surface area contributed by atoms with Gasteiger partial charge in [0.25, 0.3) is 0 Å². The van der Waals surface area contributed by atoms with Crippen molar-refractivity contribution in [2.75, 3.05) is 44.7 Å². The molecule has 6 nitrogen and oxygen atoms in total. The second-order valence-corrected chi connectivity index (χ2v) is 6.54. The van der Waals surface area contributed by atoms with Crippen molar-refractivity contribution >= 4 is 11.7 Å². The molecule has 1 aliphatic rings. The number of benzene rings is 1. The first-order valence-electron chi connectivity index (χ1n) is 8.79. The second kappa shape index (κ2) is 8.23. The summed E-state index contributed by atoms with van der Waals surface area (Å²) < 4.78 is 14.0. The van der Waals surface area contributed by atoms with Gasteiger partial charge < -0.3 is 9.80 Å². The fourth-order valence-electron chi connectivity index (χ4n) is 3.14. The predicted octanol–water partition coefficient (Wildman–Crippen LogP) is 1.96. The Morgan fingerprint density at radius 3 is 2.62 bits per heavy atom. The third-order valence-corrected chi connectivity index (χ3v) is 4.91. The number of carbonyl (C=O) groups is 1. The lowest BCUT2D eigenvalue weighted by molar-refractivity contribution is -0.132. The number of likely N-dealkylation sites (N-methyl/N-ethyl adjacent to an activating group) is 1. The van der Waals surface area contributed by atoms with Gasteiger partial charge >= 0.3 is 0 Å². The number of carbonyl (C=O) groups excluding carboxylic acids is 1. The van der Waals surface area contributed by atoms with Crippen molar-refractivity contribution in [3.8, 4) is 0 Å². The highest BCUT2D eigenvalue weighted by atomic mass is 19.1. The number of anilines is 1. The minimum absolute atomic E-state index is 0.0643. The van der Waals surface area contributed by atoms with Gasteiger partial charge in [0, 0.05) is 50.2 Å². The Kier molecular flexibility index (Phi) is 5.78. The van der Waals surface area contributed by atoms with Crippen LogP contribution in [0.2, 0.25) is 0 Å². The van der Waals surface area contributed by atoms with Crippen molar-refractivity contribution in [3.05, 3.63) is 54.2 Å². The number of amides is 1. The van der Waals surface area contributed by atoms with Gasteiger partial charge in [-0.25, -0.2) is 9.37 Å². The van der Waals surface area contributed by atoms with Crippen LogP contribution in [0.15, 0.2) is 42.9 Å². The van der Waals surface area contributed by atoms with Crippen LogP contribution in [0.4, 0.5) is 10.2 Å². The number of aromatic nitrogens is 2. The largest absolute Gasteiger partial charge is 0.352 e. The molecule has 1 fully saturated rings. The lowest BCUT2D eigenvalue weighted by Gasteiger charge is -2.36. The Morgan fingerprint density at radius 2 is 1.96 bits per heavy atom. The number of hydrogen-bond donors (Lipinski definition) is 0. The average molecular weight is 357 g/mol. The molecule has 2 aromatic rings. The van der Waals surface area contributed by atoms with Gasteiger partial charge in [-0.3, -0.25) is 14.7 Å². The first-order chi connectivity index (χ1) is 12.6. The number of rotatable bonds is 5. The van der Waals surface area contributed by atoms with Crippen molar-refractivity contribution in [2.24, 2.45) is 0 Å². The summed E-state index contributed by atoms with van der Waals surface area (Å²) >= 11 is 0. The lowest BCUT2D eigenvalue weighted by atomic mass is 10.1. The molecule has 1 aliphatic heterocycles. The minimum atomic E-state index is -0.239. The lowest BCUT2D eigenvalue weighted by Crippen LogP contribution is -2.51. The Hall–Kier alpha value is -2.54. The van der Waals surface area contributed by atoms with Crippen molar-refractivity contribution < 1.29 is 9.18 Å². The zero-order valence-electron chi connectivity index (χ0n) is 15.2. The molecule has 138 valence electrons. The van der Waals surface area contributed by atoms with E-state index in [4.69, 9.17) is 0 Å². The Morgan fingerprint density at radius 1 is 1.23 bits per heavy atom. The summed E-state index contributed by atoms with van der Waals surface area (Å²) in [5, 5.41) is 0. The number of nitrogens with zero attached hydrogens (tertiary/aromatic N) is 5. The highest BCUT2D eigenvalue weighted by molar-refractivity contribution is 5.78. The predicted molar refractivity (Wildman–Crippen MR) is 98.3 cm³/mol. The van der Waals surface area contributed by atoms with E-state index in [1.165, 1.54) is 6.07 Å². The van der Waals surface area contributed by atoms with Gasteiger partial charge in [-0.1, -0.05) is 18.2 Å². The first kappa shape index (κ1) is 18.3. The van der Waals surface area contributed by atoms with Crippen molar-refractivity contribution in [1.29, 1.82) is 0 Å². The van der Waals surface area contributed by atoms with Crippen molar-refractivity contribution in [1.82, 2.24) is 19.8 Å². The monoisotopic (exact) mass is 357 g/mol. The smallest absolute Gasteiger partial charge is 0.236 e. The zero-order valence-corrected chi connectivity index (χ0v) is 15.2. The van der Waals surface area contributed by atoms with Crippen LogP contribution >= 0.6 is 0 Å². The first-order valence-corrected chi connectivity index (χ1v) is 8.79. The highest BCUT2D eigenvalue weighted by Crippen LogP contribution is 2.21. The maximum Gasteiger partial charge on any atom is 0.236 e. The number of halogens is 1. The molecule has 0 bridgehead atoms. The summed E-state index contributed by atoms with van der Waals surface area (Å²) in [7, 11) is 1.85. The standard InChI is InChI=1S/C19H24FN5O/c1-15(16-5-3-4-6-17(16)20)23(2)14-19(26)25-11-9-24(10-12-25)18-13-21-7-8-22-18/h3-8,13,15H,9-12,14H2,1-2H3/t15-/m0/s1. The molecule has 0 saturated carbocycles. The molecule has 3 rings (SSSR count). The SMILES string of the molecule is C[C@@H](c1ccccc1F)N(C)CC(=O)N1CCN(c2cnccn2)CC1. The van der Waals surface area contributed by atoms with E-state index in [0.29, 0.717) is 18.7 Å². The van der Waals surface area contributed by atoms with Crippen molar-refractivity contribution in [3.63, 3.8) is 0 Å². The molecule has 7 heteroatoms. The molecule has 1 aromatic carbocycles. The Bertz CT molecular complexity index is 734. The van der Waals surface area contributed by atoms with E-state index >= 15 is 0 Å². The molecule has 1 atom stereocenters. The van der Waals surface area contributed by atoms with Gasteiger partial charge in [-0.15, -0.1) is 0 Å². The van der Waals surface area contributed by atoms with Crippen LogP contribution in [0.25, 0.3) is 0 Å². The third kappa shape index (κ3) is 4.16. The van der Waals surface area contributed by atoms with Crippen LogP contribution in [0.1, 0.15) is 18.5 Å².